The van der Waals surface area contributed by atoms with E-state index >= 15 is 0 Å². The first-order valence-corrected chi connectivity index (χ1v) is 8.72. The molecule has 2 aliphatic heterocycles. The third kappa shape index (κ3) is 3.09. The van der Waals surface area contributed by atoms with Crippen LogP contribution in [0.5, 0.6) is 0 Å². The molecule has 2 heterocycles. The van der Waals surface area contributed by atoms with Gasteiger partial charge in [-0.1, -0.05) is 36.4 Å². The van der Waals surface area contributed by atoms with Crippen LogP contribution in [-0.4, -0.2) is 42.5 Å². The number of fused-ring (bicyclic) bond motifs is 1. The van der Waals surface area contributed by atoms with Crippen LogP contribution in [0.3, 0.4) is 0 Å². The summed E-state index contributed by atoms with van der Waals surface area (Å²) in [5.74, 6) is 0.0314. The number of likely N-dealkylation sites (tertiary alicyclic amines) is 1. The molecule has 0 aromatic heterocycles. The first-order chi connectivity index (χ1) is 12.2. The van der Waals surface area contributed by atoms with E-state index < -0.39 is 0 Å². The Morgan fingerprint density at radius 2 is 1.72 bits per heavy atom. The van der Waals surface area contributed by atoms with Gasteiger partial charge in [-0.2, -0.15) is 0 Å². The molecule has 2 aliphatic rings. The molecule has 0 aliphatic carbocycles. The van der Waals surface area contributed by atoms with Gasteiger partial charge in [-0.25, -0.2) is 4.79 Å². The molecule has 0 unspecified atom stereocenters. The molecule has 2 aromatic rings. The summed E-state index contributed by atoms with van der Waals surface area (Å²) in [7, 11) is 0. The number of anilines is 1. The molecular weight excluding hydrogens is 314 g/mol. The van der Waals surface area contributed by atoms with E-state index in [2.05, 4.69) is 11.4 Å². The minimum Gasteiger partial charge on any atom is -0.337 e. The number of urea groups is 1. The first-order valence-electron chi connectivity index (χ1n) is 8.72. The predicted molar refractivity (Wildman–Crippen MR) is 96.8 cm³/mol. The molecule has 1 atom stereocenters. The Morgan fingerprint density at radius 3 is 2.56 bits per heavy atom. The summed E-state index contributed by atoms with van der Waals surface area (Å²) in [4.78, 5) is 28.7. The van der Waals surface area contributed by atoms with Crippen molar-refractivity contribution < 1.29 is 9.59 Å². The van der Waals surface area contributed by atoms with Crippen molar-refractivity contribution in [1.29, 1.82) is 0 Å². The third-order valence-electron chi connectivity index (χ3n) is 4.96. The predicted octanol–water partition coefficient (Wildman–Crippen LogP) is 2.67. The van der Waals surface area contributed by atoms with E-state index in [9.17, 15) is 9.59 Å². The molecule has 128 valence electrons. The van der Waals surface area contributed by atoms with Crippen LogP contribution in [0.4, 0.5) is 10.5 Å². The lowest BCUT2D eigenvalue weighted by Crippen LogP contribution is -2.45. The number of hydrogen-bond donors (Lipinski definition) is 1. The lowest BCUT2D eigenvalue weighted by atomic mass is 10.2. The zero-order valence-corrected chi connectivity index (χ0v) is 14.0. The Labute approximate surface area is 147 Å². The van der Waals surface area contributed by atoms with E-state index in [0.29, 0.717) is 25.2 Å². The average molecular weight is 335 g/mol. The lowest BCUT2D eigenvalue weighted by Gasteiger charge is -2.22. The summed E-state index contributed by atoms with van der Waals surface area (Å²) >= 11 is 0. The van der Waals surface area contributed by atoms with Gasteiger partial charge < -0.3 is 10.2 Å². The van der Waals surface area contributed by atoms with E-state index in [1.807, 2.05) is 53.4 Å². The van der Waals surface area contributed by atoms with Crippen molar-refractivity contribution in [3.63, 3.8) is 0 Å². The third-order valence-corrected chi connectivity index (χ3v) is 4.96. The Bertz CT molecular complexity index is 791. The van der Waals surface area contributed by atoms with E-state index in [1.165, 1.54) is 5.56 Å². The van der Waals surface area contributed by atoms with Gasteiger partial charge in [0, 0.05) is 36.9 Å². The molecule has 5 heteroatoms. The van der Waals surface area contributed by atoms with E-state index in [-0.39, 0.29) is 18.0 Å². The van der Waals surface area contributed by atoms with Crippen molar-refractivity contribution in [2.75, 3.05) is 24.5 Å². The fourth-order valence-corrected chi connectivity index (χ4v) is 3.63. The highest BCUT2D eigenvalue weighted by Crippen LogP contribution is 2.27. The maximum atomic E-state index is 12.6. The Hall–Kier alpha value is -2.82. The molecule has 25 heavy (non-hydrogen) atoms. The number of benzene rings is 2. The molecule has 3 amide bonds. The van der Waals surface area contributed by atoms with E-state index in [4.69, 9.17) is 0 Å². The molecule has 5 nitrogen and oxygen atoms in total. The number of nitrogens with one attached hydrogen (secondary N) is 1. The number of rotatable bonds is 2. The number of amides is 3. The SMILES string of the molecule is O=C(c1ccccc1)N1CC[C@H](NC(=O)N2CCc3ccccc32)C1. The summed E-state index contributed by atoms with van der Waals surface area (Å²) in [5, 5.41) is 3.09. The summed E-state index contributed by atoms with van der Waals surface area (Å²) in [5.41, 5.74) is 2.91. The Morgan fingerprint density at radius 1 is 0.960 bits per heavy atom. The van der Waals surface area contributed by atoms with Gasteiger partial charge in [-0.3, -0.25) is 9.69 Å². The highest BCUT2D eigenvalue weighted by atomic mass is 16.2. The van der Waals surface area contributed by atoms with E-state index in [0.717, 1.165) is 18.5 Å². The molecule has 1 N–H and O–H groups in total. The van der Waals surface area contributed by atoms with Gasteiger partial charge in [0.05, 0.1) is 0 Å². The topological polar surface area (TPSA) is 52.7 Å². The van der Waals surface area contributed by atoms with Crippen molar-refractivity contribution >= 4 is 17.6 Å². The number of para-hydroxylation sites is 1. The molecule has 0 bridgehead atoms. The normalized spacial score (nSPS) is 19.0. The van der Waals surface area contributed by atoms with E-state index in [1.54, 1.807) is 4.90 Å². The Kier molecular flexibility index (Phi) is 4.14. The fourth-order valence-electron chi connectivity index (χ4n) is 3.63. The maximum Gasteiger partial charge on any atom is 0.322 e. The highest BCUT2D eigenvalue weighted by molar-refractivity contribution is 5.95. The smallest absolute Gasteiger partial charge is 0.322 e. The molecule has 0 spiro atoms. The van der Waals surface area contributed by atoms with Gasteiger partial charge in [0.25, 0.3) is 5.91 Å². The quantitative estimate of drug-likeness (QED) is 0.917. The largest absolute Gasteiger partial charge is 0.337 e. The molecule has 2 aromatic carbocycles. The van der Waals surface area contributed by atoms with Crippen LogP contribution in [0.1, 0.15) is 22.3 Å². The molecular formula is C20H21N3O2. The lowest BCUT2D eigenvalue weighted by molar-refractivity contribution is 0.0789. The van der Waals surface area contributed by atoms with Crippen molar-refractivity contribution in [2.45, 2.75) is 18.9 Å². The molecule has 1 fully saturated rings. The maximum absolute atomic E-state index is 12.6. The number of carbonyl (C=O) groups is 2. The summed E-state index contributed by atoms with van der Waals surface area (Å²) < 4.78 is 0. The second-order valence-electron chi connectivity index (χ2n) is 6.58. The van der Waals surface area contributed by atoms with Crippen molar-refractivity contribution in [1.82, 2.24) is 10.2 Å². The van der Waals surface area contributed by atoms with Crippen LogP contribution in [-0.2, 0) is 6.42 Å². The van der Waals surface area contributed by atoms with Crippen molar-refractivity contribution in [2.24, 2.45) is 0 Å². The highest BCUT2D eigenvalue weighted by Gasteiger charge is 2.31. The number of nitrogens with zero attached hydrogens (tertiary/aromatic N) is 2. The number of hydrogen-bond acceptors (Lipinski definition) is 2. The minimum atomic E-state index is -0.0658. The van der Waals surface area contributed by atoms with Gasteiger partial charge in [-0.15, -0.1) is 0 Å². The average Bonchev–Trinajstić information content (AvgIpc) is 3.28. The standard InChI is InChI=1S/C20H21N3O2/c24-19(16-7-2-1-3-8-16)22-12-11-17(14-22)21-20(25)23-13-10-15-6-4-5-9-18(15)23/h1-9,17H,10-14H2,(H,21,25)/t17-/m0/s1. The molecule has 0 radical (unpaired) electrons. The minimum absolute atomic E-state index is 0.00734. The fraction of sp³-hybridized carbons (Fsp3) is 0.300. The zero-order valence-electron chi connectivity index (χ0n) is 14.0. The van der Waals surface area contributed by atoms with Gasteiger partial charge in [0.2, 0.25) is 0 Å². The van der Waals surface area contributed by atoms with Crippen molar-refractivity contribution in [3.8, 4) is 0 Å². The van der Waals surface area contributed by atoms with Gasteiger partial charge in [-0.05, 0) is 36.6 Å². The van der Waals surface area contributed by atoms with Gasteiger partial charge >= 0.3 is 6.03 Å². The molecule has 4 rings (SSSR count). The second-order valence-corrected chi connectivity index (χ2v) is 6.58. The second kappa shape index (κ2) is 6.59. The van der Waals surface area contributed by atoms with Crippen LogP contribution < -0.4 is 10.2 Å². The van der Waals surface area contributed by atoms with Gasteiger partial charge in [0.1, 0.15) is 0 Å². The van der Waals surface area contributed by atoms with Crippen molar-refractivity contribution in [3.05, 3.63) is 65.7 Å². The molecule has 1 saturated heterocycles. The molecule has 0 saturated carbocycles. The number of carbonyl (C=O) groups excluding carboxylic acids is 2. The Balaban J connectivity index is 1.37. The van der Waals surface area contributed by atoms with Crippen LogP contribution in [0.15, 0.2) is 54.6 Å². The van der Waals surface area contributed by atoms with Crippen LogP contribution in [0, 0.1) is 0 Å². The van der Waals surface area contributed by atoms with Crippen LogP contribution in [0.2, 0.25) is 0 Å². The summed E-state index contributed by atoms with van der Waals surface area (Å²) in [6.45, 7) is 1.95. The van der Waals surface area contributed by atoms with Gasteiger partial charge in [0.15, 0.2) is 0 Å². The van der Waals surface area contributed by atoms with Crippen LogP contribution in [0.25, 0.3) is 0 Å². The summed E-state index contributed by atoms with van der Waals surface area (Å²) in [6, 6.07) is 17.3. The monoisotopic (exact) mass is 335 g/mol. The van der Waals surface area contributed by atoms with Crippen LogP contribution >= 0.6 is 0 Å². The summed E-state index contributed by atoms with van der Waals surface area (Å²) in [6.07, 6.45) is 1.69. The first kappa shape index (κ1) is 15.7. The zero-order chi connectivity index (χ0) is 17.2.